The summed E-state index contributed by atoms with van der Waals surface area (Å²) < 4.78 is 29.2. The lowest BCUT2D eigenvalue weighted by Gasteiger charge is -2.31. The van der Waals surface area contributed by atoms with Gasteiger partial charge >= 0.3 is 0 Å². The number of Topliss-reactive ketones (excluding diaryl/α,β-unsaturated/α-hetero) is 1. The molecular formula is C29H39FN4O4. The number of fused-ring (bicyclic) bond motifs is 3. The average molecular weight is 527 g/mol. The Hall–Kier alpha value is -2.75. The third-order valence-corrected chi connectivity index (χ3v) is 8.03. The number of ketones is 1. The van der Waals surface area contributed by atoms with E-state index in [9.17, 15) is 9.59 Å². The third kappa shape index (κ3) is 5.24. The molecule has 1 saturated carbocycles. The van der Waals surface area contributed by atoms with E-state index >= 15 is 4.39 Å². The van der Waals surface area contributed by atoms with Crippen LogP contribution in [-0.4, -0.2) is 60.6 Å². The summed E-state index contributed by atoms with van der Waals surface area (Å²) in [4.78, 5) is 27.5. The Morgan fingerprint density at radius 2 is 1.92 bits per heavy atom. The molecule has 0 bridgehead atoms. The molecule has 8 nitrogen and oxygen atoms in total. The van der Waals surface area contributed by atoms with Crippen molar-refractivity contribution < 1.29 is 23.5 Å². The van der Waals surface area contributed by atoms with Crippen molar-refractivity contribution in [3.05, 3.63) is 46.0 Å². The minimum absolute atomic E-state index is 0.0737. The molecule has 0 unspecified atom stereocenters. The number of ether oxygens (including phenoxy) is 2. The number of benzene rings is 1. The first-order chi connectivity index (χ1) is 18.0. The highest BCUT2D eigenvalue weighted by Crippen LogP contribution is 2.43. The van der Waals surface area contributed by atoms with Crippen molar-refractivity contribution in [1.29, 1.82) is 0 Å². The predicted octanol–water partition coefficient (Wildman–Crippen LogP) is 4.20. The minimum Gasteiger partial charge on any atom is -0.382 e. The molecule has 9 heteroatoms. The Bertz CT molecular complexity index is 1240. The second-order valence-corrected chi connectivity index (χ2v) is 12.0. The van der Waals surface area contributed by atoms with Crippen molar-refractivity contribution >= 4 is 17.4 Å². The van der Waals surface area contributed by atoms with Gasteiger partial charge in [-0.3, -0.25) is 9.59 Å². The van der Waals surface area contributed by atoms with Crippen LogP contribution in [0.5, 0.6) is 0 Å². The van der Waals surface area contributed by atoms with Crippen LogP contribution in [0.1, 0.15) is 83.6 Å². The van der Waals surface area contributed by atoms with Crippen LogP contribution >= 0.6 is 0 Å². The smallest absolute Gasteiger partial charge is 0.253 e. The van der Waals surface area contributed by atoms with Gasteiger partial charge in [-0.1, -0.05) is 13.8 Å². The maximum atomic E-state index is 15.5. The number of rotatable bonds is 8. The largest absolute Gasteiger partial charge is 0.382 e. The lowest BCUT2D eigenvalue weighted by molar-refractivity contribution is 0.0196. The molecule has 2 aliphatic carbocycles. The molecular weight excluding hydrogens is 487 g/mol. The molecule has 0 spiro atoms. The van der Waals surface area contributed by atoms with Crippen LogP contribution in [0.3, 0.4) is 0 Å². The molecule has 38 heavy (non-hydrogen) atoms. The van der Waals surface area contributed by atoms with Gasteiger partial charge in [0.2, 0.25) is 0 Å². The standard InChI is InChI=1S/C29H39FN4O4/c1-29(2)13-23-26(25(35)14-29)20-15-37-16-24(20)34(23)18-11-21(30)27(28(31)36)22(12-18)32-17-5-7-19(8-6-17)38-10-9-33(3)4/h11-12,17,19,32H,5-10,13-16H2,1-4H3,(H2,31,36)/t17-,19-. The van der Waals surface area contributed by atoms with E-state index in [2.05, 4.69) is 24.1 Å². The topological polar surface area (TPSA) is 98.8 Å². The summed E-state index contributed by atoms with van der Waals surface area (Å²) in [5, 5.41) is 3.43. The summed E-state index contributed by atoms with van der Waals surface area (Å²) in [6, 6.07) is 3.23. The van der Waals surface area contributed by atoms with Gasteiger partial charge in [0, 0.05) is 35.8 Å². The highest BCUT2D eigenvalue weighted by Gasteiger charge is 2.39. The lowest BCUT2D eigenvalue weighted by Crippen LogP contribution is -2.32. The number of carbonyl (C=O) groups is 2. The van der Waals surface area contributed by atoms with Gasteiger partial charge in [-0.2, -0.15) is 0 Å². The minimum atomic E-state index is -0.809. The van der Waals surface area contributed by atoms with Crippen LogP contribution in [0.4, 0.5) is 10.1 Å². The van der Waals surface area contributed by atoms with Crippen LogP contribution in [-0.2, 0) is 29.1 Å². The molecule has 1 aromatic heterocycles. The van der Waals surface area contributed by atoms with Crippen LogP contribution < -0.4 is 11.1 Å². The van der Waals surface area contributed by atoms with Crippen LogP contribution in [0, 0.1) is 11.2 Å². The van der Waals surface area contributed by atoms with Crippen molar-refractivity contribution in [1.82, 2.24) is 9.47 Å². The fourth-order valence-electron chi connectivity index (χ4n) is 6.21. The Morgan fingerprint density at radius 3 is 2.61 bits per heavy atom. The number of nitrogens with one attached hydrogen (secondary N) is 1. The zero-order chi connectivity index (χ0) is 27.2. The van der Waals surface area contributed by atoms with Crippen LogP contribution in [0.15, 0.2) is 12.1 Å². The number of halogens is 1. The number of carbonyl (C=O) groups excluding carboxylic acids is 2. The molecule has 3 aliphatic rings. The summed E-state index contributed by atoms with van der Waals surface area (Å²) in [5.74, 6) is -1.37. The average Bonchev–Trinajstić information content (AvgIpc) is 3.38. The molecule has 1 fully saturated rings. The molecule has 0 radical (unpaired) electrons. The Balaban J connectivity index is 1.45. The van der Waals surface area contributed by atoms with Gasteiger partial charge in [0.15, 0.2) is 5.78 Å². The van der Waals surface area contributed by atoms with E-state index in [4.69, 9.17) is 15.2 Å². The fraction of sp³-hybridized carbons (Fsp3) is 0.586. The highest BCUT2D eigenvalue weighted by atomic mass is 19.1. The SMILES string of the molecule is CN(C)CCO[C@H]1CC[C@H](Nc2cc(-n3c4c(c5c3CC(C)(C)CC5=O)COC4)cc(F)c2C(N)=O)CC1. The van der Waals surface area contributed by atoms with E-state index in [-0.39, 0.29) is 28.9 Å². The molecule has 2 heterocycles. The monoisotopic (exact) mass is 526 g/mol. The van der Waals surface area contributed by atoms with Crippen molar-refractivity contribution in [3.8, 4) is 5.69 Å². The number of amides is 1. The van der Waals surface area contributed by atoms with Crippen molar-refractivity contribution in [3.63, 3.8) is 0 Å². The first-order valence-electron chi connectivity index (χ1n) is 13.6. The summed E-state index contributed by atoms with van der Waals surface area (Å²) in [7, 11) is 4.05. The second kappa shape index (κ2) is 10.4. The maximum Gasteiger partial charge on any atom is 0.253 e. The van der Waals surface area contributed by atoms with Gasteiger partial charge in [-0.05, 0) is 63.7 Å². The van der Waals surface area contributed by atoms with E-state index < -0.39 is 11.7 Å². The number of hydrogen-bond acceptors (Lipinski definition) is 6. The number of anilines is 1. The summed E-state index contributed by atoms with van der Waals surface area (Å²) >= 11 is 0. The quantitative estimate of drug-likeness (QED) is 0.535. The summed E-state index contributed by atoms with van der Waals surface area (Å²) in [6.45, 7) is 6.48. The molecule has 3 N–H and O–H groups in total. The van der Waals surface area contributed by atoms with Crippen molar-refractivity contribution in [2.45, 2.75) is 77.7 Å². The maximum absolute atomic E-state index is 15.5. The number of hydrogen-bond donors (Lipinski definition) is 2. The number of nitrogens with two attached hydrogens (primary N) is 1. The first-order valence-corrected chi connectivity index (χ1v) is 13.6. The van der Waals surface area contributed by atoms with Crippen molar-refractivity contribution in [2.75, 3.05) is 32.6 Å². The van der Waals surface area contributed by atoms with Crippen molar-refractivity contribution in [2.24, 2.45) is 11.1 Å². The van der Waals surface area contributed by atoms with Crippen LogP contribution in [0.2, 0.25) is 0 Å². The van der Waals surface area contributed by atoms with E-state index in [1.54, 1.807) is 6.07 Å². The second-order valence-electron chi connectivity index (χ2n) is 12.0. The number of aromatic nitrogens is 1. The first kappa shape index (κ1) is 26.8. The van der Waals surface area contributed by atoms with Gasteiger partial charge in [-0.25, -0.2) is 4.39 Å². The molecule has 2 aromatic rings. The predicted molar refractivity (Wildman–Crippen MR) is 143 cm³/mol. The van der Waals surface area contributed by atoms with Gasteiger partial charge in [-0.15, -0.1) is 0 Å². The molecule has 1 aromatic carbocycles. The lowest BCUT2D eigenvalue weighted by atomic mass is 9.75. The molecule has 1 aliphatic heterocycles. The van der Waals surface area contributed by atoms with Gasteiger partial charge in [0.05, 0.1) is 48.6 Å². The van der Waals surface area contributed by atoms with E-state index in [1.807, 2.05) is 18.7 Å². The number of likely N-dealkylation sites (N-methyl/N-ethyl adjacent to an activating group) is 1. The zero-order valence-corrected chi connectivity index (χ0v) is 22.9. The summed E-state index contributed by atoms with van der Waals surface area (Å²) in [5.41, 5.74) is 9.66. The Morgan fingerprint density at radius 1 is 1.18 bits per heavy atom. The molecule has 206 valence electrons. The Labute approximate surface area is 223 Å². The van der Waals surface area contributed by atoms with E-state index in [0.29, 0.717) is 44.0 Å². The fourth-order valence-corrected chi connectivity index (χ4v) is 6.21. The van der Waals surface area contributed by atoms with E-state index in [1.165, 1.54) is 6.07 Å². The molecule has 1 amide bonds. The number of nitrogens with zero attached hydrogens (tertiary/aromatic N) is 2. The van der Waals surface area contributed by atoms with Gasteiger partial charge in [0.25, 0.3) is 5.91 Å². The van der Waals surface area contributed by atoms with E-state index in [0.717, 1.165) is 54.7 Å². The zero-order valence-electron chi connectivity index (χ0n) is 22.9. The molecule has 0 saturated heterocycles. The van der Waals surface area contributed by atoms with Gasteiger partial charge < -0.3 is 30.0 Å². The normalized spacial score (nSPS) is 22.4. The molecule has 5 rings (SSSR count). The third-order valence-electron chi connectivity index (χ3n) is 8.03. The van der Waals surface area contributed by atoms with Gasteiger partial charge in [0.1, 0.15) is 5.82 Å². The number of primary amides is 1. The highest BCUT2D eigenvalue weighted by molar-refractivity contribution is 6.01. The summed E-state index contributed by atoms with van der Waals surface area (Å²) in [6.07, 6.45) is 4.86. The Kier molecular flexibility index (Phi) is 7.37. The molecule has 0 atom stereocenters. The van der Waals surface area contributed by atoms with Crippen LogP contribution in [0.25, 0.3) is 5.69 Å².